The largest absolute Gasteiger partial charge is 0.368 e. The molecular weight excluding hydrogens is 244 g/mol. The highest BCUT2D eigenvalue weighted by Gasteiger charge is 2.10. The molecule has 0 amide bonds. The van der Waals surface area contributed by atoms with E-state index in [0.29, 0.717) is 16.9 Å². The van der Waals surface area contributed by atoms with E-state index in [1.165, 1.54) is 0 Å². The van der Waals surface area contributed by atoms with E-state index in [1.54, 1.807) is 16.8 Å². The number of nitrogens with two attached hydrogens (primary N) is 1. The number of nitrogens with one attached hydrogen (secondary N) is 2. The van der Waals surface area contributed by atoms with E-state index >= 15 is 0 Å². The first-order valence-electron chi connectivity index (χ1n) is 4.68. The molecule has 0 atom stereocenters. The molecule has 2 aromatic rings. The molecule has 0 spiro atoms. The normalized spacial score (nSPS) is 11.9. The van der Waals surface area contributed by atoms with E-state index in [9.17, 15) is 8.42 Å². The average molecular weight is 256 g/mol. The fourth-order valence-electron chi connectivity index (χ4n) is 1.39. The zero-order valence-electron chi connectivity index (χ0n) is 9.30. The van der Waals surface area contributed by atoms with Crippen LogP contribution in [0.2, 0.25) is 0 Å². The monoisotopic (exact) mass is 256 g/mol. The first-order chi connectivity index (χ1) is 7.87. The number of anilines is 2. The Hall–Kier alpha value is -1.87. The molecule has 2 rings (SSSR count). The molecule has 0 bridgehead atoms. The first kappa shape index (κ1) is 11.6. The Morgan fingerprint density at radius 1 is 1.41 bits per heavy atom. The zero-order valence-corrected chi connectivity index (χ0v) is 10.1. The molecule has 0 radical (unpaired) electrons. The Labute approximate surface area is 97.9 Å². The molecule has 9 heteroatoms. The third kappa shape index (κ3) is 2.45. The highest BCUT2D eigenvalue weighted by atomic mass is 32.2. The molecule has 0 saturated carbocycles. The maximum atomic E-state index is 11.0. The van der Waals surface area contributed by atoms with Gasteiger partial charge in [0.1, 0.15) is 5.65 Å². The van der Waals surface area contributed by atoms with E-state index < -0.39 is 10.0 Å². The topological polar surface area (TPSA) is 115 Å². The number of aryl methyl sites for hydroxylation is 1. The third-order valence-corrected chi connectivity index (χ3v) is 2.57. The molecule has 0 aliphatic heterocycles. The van der Waals surface area contributed by atoms with Crippen molar-refractivity contribution < 1.29 is 8.42 Å². The molecular formula is C8H12N6O2S. The lowest BCUT2D eigenvalue weighted by molar-refractivity contribution is 0.593. The van der Waals surface area contributed by atoms with Crippen molar-refractivity contribution in [3.8, 4) is 0 Å². The van der Waals surface area contributed by atoms with E-state index in [-0.39, 0.29) is 5.95 Å². The second-order valence-electron chi connectivity index (χ2n) is 3.59. The van der Waals surface area contributed by atoms with Crippen LogP contribution >= 0.6 is 0 Å². The molecule has 0 unspecified atom stereocenters. The molecule has 0 saturated heterocycles. The first-order valence-corrected chi connectivity index (χ1v) is 6.57. The zero-order chi connectivity index (χ0) is 12.6. The highest BCUT2D eigenvalue weighted by molar-refractivity contribution is 7.88. The van der Waals surface area contributed by atoms with Crippen molar-refractivity contribution in [2.75, 3.05) is 17.4 Å². The molecule has 0 aliphatic carbocycles. The van der Waals surface area contributed by atoms with Crippen LogP contribution in [0.3, 0.4) is 0 Å². The SMILES string of the molecule is Cn1ccc2c(NNS(C)(=O)=O)nc(N)nc21. The minimum Gasteiger partial charge on any atom is -0.368 e. The second kappa shape index (κ2) is 3.86. The van der Waals surface area contributed by atoms with Crippen LogP contribution < -0.4 is 16.0 Å². The van der Waals surface area contributed by atoms with Gasteiger partial charge in [0.15, 0.2) is 5.82 Å². The second-order valence-corrected chi connectivity index (χ2v) is 5.34. The van der Waals surface area contributed by atoms with Gasteiger partial charge in [-0.05, 0) is 6.07 Å². The van der Waals surface area contributed by atoms with Crippen molar-refractivity contribution in [3.63, 3.8) is 0 Å². The predicted molar refractivity (Wildman–Crippen MR) is 64.5 cm³/mol. The van der Waals surface area contributed by atoms with Gasteiger partial charge in [0.2, 0.25) is 16.0 Å². The maximum absolute atomic E-state index is 11.0. The van der Waals surface area contributed by atoms with Crippen LogP contribution in [0, 0.1) is 0 Å². The number of rotatable bonds is 3. The number of nitrogens with zero attached hydrogens (tertiary/aromatic N) is 3. The minimum atomic E-state index is -3.37. The quantitative estimate of drug-likeness (QED) is 0.633. The molecule has 8 nitrogen and oxygen atoms in total. The van der Waals surface area contributed by atoms with Crippen LogP contribution in [0.1, 0.15) is 0 Å². The van der Waals surface area contributed by atoms with Crippen molar-refractivity contribution in [2.45, 2.75) is 0 Å². The summed E-state index contributed by atoms with van der Waals surface area (Å²) in [6.45, 7) is 0. The van der Waals surface area contributed by atoms with Crippen molar-refractivity contribution in [1.29, 1.82) is 0 Å². The van der Waals surface area contributed by atoms with E-state index in [1.807, 2.05) is 7.05 Å². The summed E-state index contributed by atoms with van der Waals surface area (Å²) in [5.74, 6) is 0.385. The number of aromatic nitrogens is 3. The molecule has 0 fully saturated rings. The van der Waals surface area contributed by atoms with Gasteiger partial charge in [-0.25, -0.2) is 8.42 Å². The lowest BCUT2D eigenvalue weighted by Crippen LogP contribution is -2.28. The van der Waals surface area contributed by atoms with Crippen LogP contribution in [0.5, 0.6) is 0 Å². The smallest absolute Gasteiger partial charge is 0.225 e. The van der Waals surface area contributed by atoms with Crippen molar-refractivity contribution >= 4 is 32.8 Å². The number of hydrazine groups is 1. The number of hydrogen-bond acceptors (Lipinski definition) is 6. The Morgan fingerprint density at radius 3 is 2.76 bits per heavy atom. The van der Waals surface area contributed by atoms with Crippen LogP contribution in [0.4, 0.5) is 11.8 Å². The summed E-state index contributed by atoms with van der Waals surface area (Å²) in [5.41, 5.74) is 8.66. The lowest BCUT2D eigenvalue weighted by Gasteiger charge is -2.07. The standard InChI is InChI=1S/C8H12N6O2S/c1-14-4-3-5-6(12-13-17(2,15)16)10-8(9)11-7(5)14/h3-4,13H,1-2H3,(H3,9,10,11,12). The van der Waals surface area contributed by atoms with Gasteiger partial charge in [0.25, 0.3) is 0 Å². The van der Waals surface area contributed by atoms with Crippen LogP contribution in [0.15, 0.2) is 12.3 Å². The van der Waals surface area contributed by atoms with E-state index in [0.717, 1.165) is 6.26 Å². The molecule has 0 aromatic carbocycles. The van der Waals surface area contributed by atoms with Gasteiger partial charge in [-0.3, -0.25) is 5.43 Å². The molecule has 2 heterocycles. The number of hydrogen-bond donors (Lipinski definition) is 3. The Balaban J connectivity index is 2.46. The molecule has 2 aromatic heterocycles. The van der Waals surface area contributed by atoms with Crippen molar-refractivity contribution in [2.24, 2.45) is 7.05 Å². The lowest BCUT2D eigenvalue weighted by atomic mass is 10.4. The van der Waals surface area contributed by atoms with Crippen molar-refractivity contribution in [3.05, 3.63) is 12.3 Å². The summed E-state index contributed by atoms with van der Waals surface area (Å²) in [6.07, 6.45) is 2.82. The van der Waals surface area contributed by atoms with Gasteiger partial charge in [0.05, 0.1) is 11.6 Å². The Kier molecular flexibility index (Phi) is 2.63. The Morgan fingerprint density at radius 2 is 2.12 bits per heavy atom. The number of sulfonamides is 1. The summed E-state index contributed by atoms with van der Waals surface area (Å²) in [6, 6.07) is 1.76. The molecule has 4 N–H and O–H groups in total. The predicted octanol–water partition coefficient (Wildman–Crippen LogP) is -0.573. The van der Waals surface area contributed by atoms with Gasteiger partial charge in [-0.15, -0.1) is 4.83 Å². The van der Waals surface area contributed by atoms with Gasteiger partial charge in [-0.2, -0.15) is 9.97 Å². The Bertz CT molecular complexity index is 662. The summed E-state index contributed by atoms with van der Waals surface area (Å²) in [5, 5.41) is 0.679. The summed E-state index contributed by atoms with van der Waals surface area (Å²) >= 11 is 0. The van der Waals surface area contributed by atoms with Gasteiger partial charge >= 0.3 is 0 Å². The van der Waals surface area contributed by atoms with Crippen LogP contribution in [-0.4, -0.2) is 29.2 Å². The highest BCUT2D eigenvalue weighted by Crippen LogP contribution is 2.20. The average Bonchev–Trinajstić information content (AvgIpc) is 2.56. The van der Waals surface area contributed by atoms with E-state index in [4.69, 9.17) is 5.73 Å². The minimum absolute atomic E-state index is 0.0668. The summed E-state index contributed by atoms with van der Waals surface area (Å²) in [4.78, 5) is 10.1. The van der Waals surface area contributed by atoms with Crippen LogP contribution in [0.25, 0.3) is 11.0 Å². The molecule has 0 aliphatic rings. The van der Waals surface area contributed by atoms with Gasteiger partial charge in [-0.1, -0.05) is 0 Å². The summed E-state index contributed by atoms with van der Waals surface area (Å²) < 4.78 is 23.7. The molecule has 92 valence electrons. The fraction of sp³-hybridized carbons (Fsp3) is 0.250. The van der Waals surface area contributed by atoms with Crippen LogP contribution in [-0.2, 0) is 17.1 Å². The molecule has 17 heavy (non-hydrogen) atoms. The number of nitrogen functional groups attached to an aromatic ring is 1. The van der Waals surface area contributed by atoms with Gasteiger partial charge < -0.3 is 10.3 Å². The van der Waals surface area contributed by atoms with E-state index in [2.05, 4.69) is 20.2 Å². The third-order valence-electron chi connectivity index (χ3n) is 2.10. The number of fused-ring (bicyclic) bond motifs is 1. The maximum Gasteiger partial charge on any atom is 0.225 e. The van der Waals surface area contributed by atoms with Gasteiger partial charge in [0, 0.05) is 13.2 Å². The summed E-state index contributed by atoms with van der Waals surface area (Å²) in [7, 11) is -1.56. The van der Waals surface area contributed by atoms with Crippen molar-refractivity contribution in [1.82, 2.24) is 19.4 Å². The fourth-order valence-corrected chi connectivity index (χ4v) is 1.67.